The first-order valence-corrected chi connectivity index (χ1v) is 6.09. The molecule has 0 atom stereocenters. The molecule has 0 radical (unpaired) electrons. The number of nitrogens with zero attached hydrogens (tertiary/aromatic N) is 2. The Kier molecular flexibility index (Phi) is 4.30. The molecule has 2 rings (SSSR count). The van der Waals surface area contributed by atoms with Crippen molar-refractivity contribution in [3.8, 4) is 11.8 Å². The molecule has 0 unspecified atom stereocenters. The predicted octanol–water partition coefficient (Wildman–Crippen LogP) is 3.71. The quantitative estimate of drug-likeness (QED) is 0.776. The van der Waals surface area contributed by atoms with Crippen molar-refractivity contribution >= 4 is 11.9 Å². The minimum Gasteiger partial charge on any atom is -0.494 e. The van der Waals surface area contributed by atoms with Gasteiger partial charge in [0.1, 0.15) is 5.75 Å². The smallest absolute Gasteiger partial charge is 0.119 e. The summed E-state index contributed by atoms with van der Waals surface area (Å²) in [5.74, 6) is 0.859. The maximum atomic E-state index is 8.71. The monoisotopic (exact) mass is 250 g/mol. The van der Waals surface area contributed by atoms with Gasteiger partial charge in [0, 0.05) is 6.21 Å². The van der Waals surface area contributed by atoms with Gasteiger partial charge in [-0.25, -0.2) is 0 Å². The Bertz CT molecular complexity index is 592. The zero-order valence-electron chi connectivity index (χ0n) is 10.7. The Labute approximate surface area is 112 Å². The van der Waals surface area contributed by atoms with E-state index in [-0.39, 0.29) is 0 Å². The molecule has 3 nitrogen and oxygen atoms in total. The summed E-state index contributed by atoms with van der Waals surface area (Å²) < 4.78 is 5.37. The Morgan fingerprint density at radius 2 is 1.79 bits per heavy atom. The second-order valence-electron chi connectivity index (χ2n) is 3.92. The van der Waals surface area contributed by atoms with Crippen molar-refractivity contribution in [3.05, 3.63) is 59.7 Å². The van der Waals surface area contributed by atoms with Crippen molar-refractivity contribution < 1.29 is 4.74 Å². The maximum Gasteiger partial charge on any atom is 0.119 e. The van der Waals surface area contributed by atoms with Crippen LogP contribution in [-0.2, 0) is 0 Å². The molecule has 0 saturated heterocycles. The first-order chi connectivity index (χ1) is 9.31. The van der Waals surface area contributed by atoms with Crippen LogP contribution in [-0.4, -0.2) is 12.8 Å². The van der Waals surface area contributed by atoms with Crippen molar-refractivity contribution in [2.45, 2.75) is 6.92 Å². The second kappa shape index (κ2) is 6.36. The Balaban J connectivity index is 2.07. The molecule has 0 spiro atoms. The van der Waals surface area contributed by atoms with Crippen molar-refractivity contribution in [1.82, 2.24) is 0 Å². The van der Waals surface area contributed by atoms with E-state index in [1.165, 1.54) is 0 Å². The highest BCUT2D eigenvalue weighted by molar-refractivity contribution is 5.82. The van der Waals surface area contributed by atoms with E-state index in [2.05, 4.69) is 11.1 Å². The van der Waals surface area contributed by atoms with E-state index in [0.717, 1.165) is 17.0 Å². The van der Waals surface area contributed by atoms with Gasteiger partial charge in [-0.3, -0.25) is 4.99 Å². The zero-order chi connectivity index (χ0) is 13.5. The summed E-state index contributed by atoms with van der Waals surface area (Å²) in [7, 11) is 0. The van der Waals surface area contributed by atoms with Crippen LogP contribution in [0.1, 0.15) is 18.1 Å². The van der Waals surface area contributed by atoms with Gasteiger partial charge in [-0.05, 0) is 61.0 Å². The molecular formula is C16H14N2O. The van der Waals surface area contributed by atoms with Crippen molar-refractivity contribution in [2.75, 3.05) is 6.61 Å². The van der Waals surface area contributed by atoms with E-state index in [1.807, 2.05) is 43.3 Å². The molecule has 0 amide bonds. The fraction of sp³-hybridized carbons (Fsp3) is 0.125. The number of ether oxygens (including phenoxy) is 1. The third-order valence-corrected chi connectivity index (χ3v) is 2.55. The van der Waals surface area contributed by atoms with Gasteiger partial charge in [-0.2, -0.15) is 5.26 Å². The zero-order valence-corrected chi connectivity index (χ0v) is 10.7. The largest absolute Gasteiger partial charge is 0.494 e. The lowest BCUT2D eigenvalue weighted by Crippen LogP contribution is -1.91. The van der Waals surface area contributed by atoms with E-state index in [0.29, 0.717) is 12.2 Å². The molecule has 0 aromatic heterocycles. The number of benzene rings is 2. The van der Waals surface area contributed by atoms with Gasteiger partial charge in [0.05, 0.1) is 23.9 Å². The second-order valence-corrected chi connectivity index (χ2v) is 3.92. The Morgan fingerprint density at radius 1 is 1.11 bits per heavy atom. The third kappa shape index (κ3) is 3.68. The highest BCUT2D eigenvalue weighted by atomic mass is 16.5. The third-order valence-electron chi connectivity index (χ3n) is 2.55. The average molecular weight is 250 g/mol. The lowest BCUT2D eigenvalue weighted by atomic mass is 10.2. The van der Waals surface area contributed by atoms with Gasteiger partial charge in [0.25, 0.3) is 0 Å². The first kappa shape index (κ1) is 12.8. The number of nitriles is 1. The molecule has 2 aromatic carbocycles. The van der Waals surface area contributed by atoms with Crippen LogP contribution in [0, 0.1) is 11.3 Å². The molecule has 0 fully saturated rings. The van der Waals surface area contributed by atoms with Crippen molar-refractivity contribution in [3.63, 3.8) is 0 Å². The standard InChI is InChI=1S/C16H14N2O/c1-2-19-16-9-5-14(6-10-16)12-18-15-7-3-13(11-17)4-8-15/h3-10,12H,2H2,1H3/b18-12+. The van der Waals surface area contributed by atoms with E-state index in [9.17, 15) is 0 Å². The highest BCUT2D eigenvalue weighted by Gasteiger charge is 1.93. The topological polar surface area (TPSA) is 45.4 Å². The predicted molar refractivity (Wildman–Crippen MR) is 76.0 cm³/mol. The van der Waals surface area contributed by atoms with Crippen LogP contribution in [0.25, 0.3) is 0 Å². The molecule has 2 aromatic rings. The lowest BCUT2D eigenvalue weighted by Gasteiger charge is -2.02. The van der Waals surface area contributed by atoms with Gasteiger partial charge >= 0.3 is 0 Å². The van der Waals surface area contributed by atoms with E-state index < -0.39 is 0 Å². The Morgan fingerprint density at radius 3 is 2.37 bits per heavy atom. The summed E-state index contributed by atoms with van der Waals surface area (Å²) in [6, 6.07) is 17.0. The summed E-state index contributed by atoms with van der Waals surface area (Å²) in [4.78, 5) is 4.35. The SMILES string of the molecule is CCOc1ccc(/C=N/c2ccc(C#N)cc2)cc1. The number of hydrogen-bond donors (Lipinski definition) is 0. The number of rotatable bonds is 4. The molecule has 0 aliphatic carbocycles. The molecular weight excluding hydrogens is 236 g/mol. The molecule has 3 heteroatoms. The maximum absolute atomic E-state index is 8.71. The minimum atomic E-state index is 0.639. The van der Waals surface area contributed by atoms with Crippen LogP contribution in [0.2, 0.25) is 0 Å². The van der Waals surface area contributed by atoms with Crippen LogP contribution >= 0.6 is 0 Å². The normalized spacial score (nSPS) is 10.3. The van der Waals surface area contributed by atoms with Crippen LogP contribution in [0.15, 0.2) is 53.5 Å². The van der Waals surface area contributed by atoms with Crippen LogP contribution < -0.4 is 4.74 Å². The molecule has 0 saturated carbocycles. The fourth-order valence-electron chi connectivity index (χ4n) is 1.59. The van der Waals surface area contributed by atoms with Gasteiger partial charge in [0.15, 0.2) is 0 Å². The molecule has 0 heterocycles. The average Bonchev–Trinajstić information content (AvgIpc) is 2.47. The number of aliphatic imine (C=N–C) groups is 1. The van der Waals surface area contributed by atoms with Crippen molar-refractivity contribution in [1.29, 1.82) is 5.26 Å². The van der Waals surface area contributed by atoms with Crippen LogP contribution in [0.5, 0.6) is 5.75 Å². The number of hydrogen-bond acceptors (Lipinski definition) is 3. The highest BCUT2D eigenvalue weighted by Crippen LogP contribution is 2.14. The fourth-order valence-corrected chi connectivity index (χ4v) is 1.59. The minimum absolute atomic E-state index is 0.639. The van der Waals surface area contributed by atoms with Crippen LogP contribution in [0.3, 0.4) is 0 Å². The molecule has 0 aliphatic heterocycles. The summed E-state index contributed by atoms with van der Waals surface area (Å²) in [5, 5.41) is 8.71. The lowest BCUT2D eigenvalue weighted by molar-refractivity contribution is 0.340. The first-order valence-electron chi connectivity index (χ1n) is 6.09. The molecule has 0 N–H and O–H groups in total. The van der Waals surface area contributed by atoms with Gasteiger partial charge in [0.2, 0.25) is 0 Å². The van der Waals surface area contributed by atoms with Gasteiger partial charge in [-0.1, -0.05) is 0 Å². The molecule has 0 aliphatic rings. The van der Waals surface area contributed by atoms with E-state index in [4.69, 9.17) is 10.00 Å². The Hall–Kier alpha value is -2.60. The van der Waals surface area contributed by atoms with E-state index in [1.54, 1.807) is 18.3 Å². The van der Waals surface area contributed by atoms with Crippen LogP contribution in [0.4, 0.5) is 5.69 Å². The summed E-state index contributed by atoms with van der Waals surface area (Å²) in [6.45, 7) is 2.62. The summed E-state index contributed by atoms with van der Waals surface area (Å²) in [6.07, 6.45) is 1.79. The van der Waals surface area contributed by atoms with Crippen molar-refractivity contribution in [2.24, 2.45) is 4.99 Å². The van der Waals surface area contributed by atoms with Gasteiger partial charge in [-0.15, -0.1) is 0 Å². The molecule has 94 valence electrons. The summed E-state index contributed by atoms with van der Waals surface area (Å²) >= 11 is 0. The molecule has 19 heavy (non-hydrogen) atoms. The van der Waals surface area contributed by atoms with E-state index >= 15 is 0 Å². The van der Waals surface area contributed by atoms with Gasteiger partial charge < -0.3 is 4.74 Å². The summed E-state index contributed by atoms with van der Waals surface area (Å²) in [5.41, 5.74) is 2.47. The molecule has 0 bridgehead atoms.